The molecule has 0 spiro atoms. The predicted octanol–water partition coefficient (Wildman–Crippen LogP) is 7.53. The summed E-state index contributed by atoms with van der Waals surface area (Å²) in [6.07, 6.45) is 1.69. The van der Waals surface area contributed by atoms with Crippen LogP contribution in [0.15, 0.2) is 94.0 Å². The highest BCUT2D eigenvalue weighted by atomic mass is 127. The summed E-state index contributed by atoms with van der Waals surface area (Å²) in [4.78, 5) is 17.1. The molecule has 5 rings (SSSR count). The lowest BCUT2D eigenvalue weighted by molar-refractivity contribution is -0.129. The SMILES string of the molecule is CCOc1cc(/C=C2\N=C(c3ccc4ccccc4c3)OC2=O)cc(Br)c1OCc1ccc(I)cc1. The number of ether oxygens (including phenoxy) is 3. The maximum absolute atomic E-state index is 12.6. The Kier molecular flexibility index (Phi) is 7.38. The fraction of sp³-hybridized carbons (Fsp3) is 0.103. The molecule has 4 aromatic carbocycles. The quantitative estimate of drug-likeness (QED) is 0.118. The highest BCUT2D eigenvalue weighted by molar-refractivity contribution is 14.1. The van der Waals surface area contributed by atoms with Crippen molar-refractivity contribution in [3.63, 3.8) is 0 Å². The van der Waals surface area contributed by atoms with Gasteiger partial charge < -0.3 is 14.2 Å². The molecule has 0 saturated heterocycles. The molecule has 1 aliphatic heterocycles. The minimum absolute atomic E-state index is 0.222. The number of carbonyl (C=O) groups excluding carboxylic acids is 1. The van der Waals surface area contributed by atoms with Crippen molar-refractivity contribution < 1.29 is 19.0 Å². The molecule has 0 bridgehead atoms. The monoisotopic (exact) mass is 653 g/mol. The van der Waals surface area contributed by atoms with Gasteiger partial charge in [0.05, 0.1) is 11.1 Å². The molecule has 7 heteroatoms. The van der Waals surface area contributed by atoms with E-state index in [1.165, 1.54) is 3.57 Å². The topological polar surface area (TPSA) is 57.1 Å². The van der Waals surface area contributed by atoms with Crippen LogP contribution in [-0.4, -0.2) is 18.5 Å². The second-order valence-electron chi connectivity index (χ2n) is 8.08. The van der Waals surface area contributed by atoms with Crippen molar-refractivity contribution in [2.75, 3.05) is 6.61 Å². The maximum atomic E-state index is 12.6. The molecule has 1 aliphatic rings. The van der Waals surface area contributed by atoms with E-state index in [2.05, 4.69) is 43.5 Å². The number of carbonyl (C=O) groups is 1. The van der Waals surface area contributed by atoms with Crippen LogP contribution in [0.25, 0.3) is 16.8 Å². The molecular weight excluding hydrogens is 633 g/mol. The van der Waals surface area contributed by atoms with E-state index in [1.807, 2.05) is 85.8 Å². The molecule has 5 nitrogen and oxygen atoms in total. The van der Waals surface area contributed by atoms with Crippen LogP contribution < -0.4 is 9.47 Å². The van der Waals surface area contributed by atoms with Gasteiger partial charge in [-0.15, -0.1) is 0 Å². The van der Waals surface area contributed by atoms with Crippen LogP contribution in [0.3, 0.4) is 0 Å². The Morgan fingerprint density at radius 2 is 1.75 bits per heavy atom. The van der Waals surface area contributed by atoms with Gasteiger partial charge in [0.15, 0.2) is 17.2 Å². The molecule has 0 saturated carbocycles. The van der Waals surface area contributed by atoms with Crippen molar-refractivity contribution in [3.8, 4) is 11.5 Å². The zero-order valence-corrected chi connectivity index (χ0v) is 23.1. The summed E-state index contributed by atoms with van der Waals surface area (Å²) in [6.45, 7) is 2.79. The van der Waals surface area contributed by atoms with E-state index in [0.29, 0.717) is 30.6 Å². The van der Waals surface area contributed by atoms with Gasteiger partial charge >= 0.3 is 5.97 Å². The number of fused-ring (bicyclic) bond motifs is 1. The smallest absolute Gasteiger partial charge is 0.363 e. The summed E-state index contributed by atoms with van der Waals surface area (Å²) < 4.78 is 19.3. The second-order valence-corrected chi connectivity index (χ2v) is 10.2. The van der Waals surface area contributed by atoms with E-state index in [4.69, 9.17) is 14.2 Å². The lowest BCUT2D eigenvalue weighted by atomic mass is 10.1. The number of benzene rings is 4. The minimum atomic E-state index is -0.494. The van der Waals surface area contributed by atoms with E-state index in [-0.39, 0.29) is 5.70 Å². The first-order valence-corrected chi connectivity index (χ1v) is 13.2. The largest absolute Gasteiger partial charge is 0.490 e. The summed E-state index contributed by atoms with van der Waals surface area (Å²) in [5, 5.41) is 2.16. The van der Waals surface area contributed by atoms with Gasteiger partial charge in [-0.05, 0) is 110 Å². The second kappa shape index (κ2) is 10.8. The lowest BCUT2D eigenvalue weighted by Gasteiger charge is -2.15. The minimum Gasteiger partial charge on any atom is -0.490 e. The standard InChI is InChI=1S/C29H21BrINO4/c1-2-34-26-15-19(13-24(30)27(26)35-17-18-7-11-23(31)12-8-18)14-25-29(33)36-28(32-25)22-10-9-20-5-3-4-6-21(20)16-22/h3-16H,2,17H2,1H3/b25-14-. The Morgan fingerprint density at radius 3 is 2.53 bits per heavy atom. The van der Waals surface area contributed by atoms with Crippen LogP contribution in [-0.2, 0) is 16.1 Å². The number of rotatable bonds is 7. The molecule has 0 atom stereocenters. The number of hydrogen-bond donors (Lipinski definition) is 0. The Labute approximate surface area is 231 Å². The van der Waals surface area contributed by atoms with Crippen LogP contribution in [0.2, 0.25) is 0 Å². The van der Waals surface area contributed by atoms with Gasteiger partial charge in [-0.2, -0.15) is 0 Å². The van der Waals surface area contributed by atoms with E-state index in [0.717, 1.165) is 31.9 Å². The molecule has 0 N–H and O–H groups in total. The third-order valence-corrected chi connectivity index (χ3v) is 6.86. The number of esters is 1. The normalized spacial score (nSPS) is 14.1. The molecule has 4 aromatic rings. The van der Waals surface area contributed by atoms with Crippen molar-refractivity contribution >= 4 is 67.2 Å². The average Bonchev–Trinajstić information content (AvgIpc) is 3.24. The Bertz CT molecular complexity index is 1510. The van der Waals surface area contributed by atoms with Crippen molar-refractivity contribution in [2.24, 2.45) is 4.99 Å². The molecule has 0 aromatic heterocycles. The van der Waals surface area contributed by atoms with Gasteiger partial charge in [0, 0.05) is 9.13 Å². The van der Waals surface area contributed by atoms with Crippen LogP contribution in [0.1, 0.15) is 23.6 Å². The van der Waals surface area contributed by atoms with Crippen LogP contribution in [0.4, 0.5) is 0 Å². The summed E-state index contributed by atoms with van der Waals surface area (Å²) in [6, 6.07) is 25.7. The summed E-state index contributed by atoms with van der Waals surface area (Å²) in [5.41, 5.74) is 2.77. The zero-order valence-electron chi connectivity index (χ0n) is 19.3. The molecule has 0 unspecified atom stereocenters. The maximum Gasteiger partial charge on any atom is 0.363 e. The first kappa shape index (κ1) is 24.5. The van der Waals surface area contributed by atoms with Crippen molar-refractivity contribution in [3.05, 3.63) is 109 Å². The first-order valence-electron chi connectivity index (χ1n) is 11.4. The van der Waals surface area contributed by atoms with Crippen molar-refractivity contribution in [2.45, 2.75) is 13.5 Å². The number of halogens is 2. The highest BCUT2D eigenvalue weighted by Crippen LogP contribution is 2.38. The number of nitrogens with zero attached hydrogens (tertiary/aromatic N) is 1. The average molecular weight is 654 g/mol. The summed E-state index contributed by atoms with van der Waals surface area (Å²) in [5.74, 6) is 0.978. The van der Waals surface area contributed by atoms with E-state index >= 15 is 0 Å². The molecule has 0 amide bonds. The van der Waals surface area contributed by atoms with Crippen LogP contribution >= 0.6 is 38.5 Å². The summed E-state index contributed by atoms with van der Waals surface area (Å²) in [7, 11) is 0. The van der Waals surface area contributed by atoms with E-state index < -0.39 is 5.97 Å². The Morgan fingerprint density at radius 1 is 0.972 bits per heavy atom. The molecule has 1 heterocycles. The fourth-order valence-electron chi connectivity index (χ4n) is 3.82. The zero-order chi connectivity index (χ0) is 25.1. The molecule has 0 radical (unpaired) electrons. The number of hydrogen-bond acceptors (Lipinski definition) is 5. The summed E-state index contributed by atoms with van der Waals surface area (Å²) >= 11 is 5.88. The number of aliphatic imine (C=N–C) groups is 1. The number of cyclic esters (lactones) is 1. The highest BCUT2D eigenvalue weighted by Gasteiger charge is 2.25. The molecule has 0 aliphatic carbocycles. The first-order chi connectivity index (χ1) is 17.5. The van der Waals surface area contributed by atoms with Gasteiger partial charge in [0.25, 0.3) is 0 Å². The molecule has 36 heavy (non-hydrogen) atoms. The molecular formula is C29H21BrINO4. The molecule has 180 valence electrons. The Hall–Kier alpha value is -3.17. The third kappa shape index (κ3) is 5.47. The van der Waals surface area contributed by atoms with Gasteiger partial charge in [0.2, 0.25) is 5.90 Å². The lowest BCUT2D eigenvalue weighted by Crippen LogP contribution is -2.05. The Balaban J connectivity index is 1.42. The van der Waals surface area contributed by atoms with E-state index in [1.54, 1.807) is 6.08 Å². The molecule has 0 fully saturated rings. The predicted molar refractivity (Wildman–Crippen MR) is 153 cm³/mol. The van der Waals surface area contributed by atoms with Gasteiger partial charge in [0.1, 0.15) is 6.61 Å². The van der Waals surface area contributed by atoms with Gasteiger partial charge in [-0.1, -0.05) is 42.5 Å². The van der Waals surface area contributed by atoms with Gasteiger partial charge in [-0.25, -0.2) is 9.79 Å². The van der Waals surface area contributed by atoms with Gasteiger partial charge in [-0.3, -0.25) is 0 Å². The van der Waals surface area contributed by atoms with Crippen LogP contribution in [0.5, 0.6) is 11.5 Å². The van der Waals surface area contributed by atoms with Crippen molar-refractivity contribution in [1.82, 2.24) is 0 Å². The van der Waals surface area contributed by atoms with Crippen molar-refractivity contribution in [1.29, 1.82) is 0 Å². The van der Waals surface area contributed by atoms with Crippen LogP contribution in [0, 0.1) is 3.57 Å². The fourth-order valence-corrected chi connectivity index (χ4v) is 4.76. The third-order valence-electron chi connectivity index (χ3n) is 5.55. The van der Waals surface area contributed by atoms with E-state index in [9.17, 15) is 4.79 Å².